The molecule has 0 fully saturated rings. The molecule has 1 aromatic heterocycles. The number of rotatable bonds is 9. The van der Waals surface area contributed by atoms with Crippen LogP contribution in [0.3, 0.4) is 0 Å². The molecule has 3 rings (SSSR count). The number of ether oxygens (including phenoxy) is 1. The van der Waals surface area contributed by atoms with Crippen LogP contribution in [-0.2, 0) is 6.54 Å². The Labute approximate surface area is 183 Å². The summed E-state index contributed by atoms with van der Waals surface area (Å²) < 4.78 is 55.8. The molecule has 1 heterocycles. The number of nitrogens with zero attached hydrogens (tertiary/aromatic N) is 3. The molecule has 3 aromatic rings. The van der Waals surface area contributed by atoms with Gasteiger partial charge >= 0.3 is 6.36 Å². The number of likely N-dealkylation sites (N-methyl/N-ethyl adjacent to an activating group) is 1. The first kappa shape index (κ1) is 23.3. The average molecular weight is 449 g/mol. The van der Waals surface area contributed by atoms with Gasteiger partial charge in [-0.3, -0.25) is 0 Å². The van der Waals surface area contributed by atoms with Crippen LogP contribution < -0.4 is 15.4 Å². The topological polar surface area (TPSA) is 62.3 Å². The van der Waals surface area contributed by atoms with Crippen molar-refractivity contribution < 1.29 is 22.3 Å². The first-order valence-corrected chi connectivity index (χ1v) is 9.81. The number of nitrogens with one attached hydrogen (secondary N) is 2. The van der Waals surface area contributed by atoms with Crippen molar-refractivity contribution in [3.63, 3.8) is 0 Å². The smallest absolute Gasteiger partial charge is 0.406 e. The molecule has 6 nitrogen and oxygen atoms in total. The second-order valence-electron chi connectivity index (χ2n) is 7.21. The normalized spacial score (nSPS) is 11.5. The molecule has 0 unspecified atom stereocenters. The highest BCUT2D eigenvalue weighted by Gasteiger charge is 2.31. The average Bonchev–Trinajstić information content (AvgIpc) is 2.72. The largest absolute Gasteiger partial charge is 0.573 e. The van der Waals surface area contributed by atoms with Crippen LogP contribution in [0.4, 0.5) is 29.3 Å². The molecule has 32 heavy (non-hydrogen) atoms. The van der Waals surface area contributed by atoms with Crippen LogP contribution in [0.2, 0.25) is 0 Å². The molecular formula is C22H23F4N5O. The van der Waals surface area contributed by atoms with Gasteiger partial charge in [0.15, 0.2) is 0 Å². The van der Waals surface area contributed by atoms with E-state index in [2.05, 4.69) is 25.3 Å². The van der Waals surface area contributed by atoms with Crippen molar-refractivity contribution in [1.82, 2.24) is 14.9 Å². The molecule has 0 amide bonds. The zero-order valence-electron chi connectivity index (χ0n) is 17.6. The number of aromatic nitrogens is 2. The first-order valence-electron chi connectivity index (χ1n) is 9.81. The predicted octanol–water partition coefficient (Wildman–Crippen LogP) is 4.77. The maximum absolute atomic E-state index is 13.9. The van der Waals surface area contributed by atoms with Crippen LogP contribution in [0.15, 0.2) is 54.6 Å². The van der Waals surface area contributed by atoms with Gasteiger partial charge in [0.05, 0.1) is 5.69 Å². The molecule has 10 heteroatoms. The van der Waals surface area contributed by atoms with Gasteiger partial charge in [0.25, 0.3) is 0 Å². The Kier molecular flexibility index (Phi) is 7.47. The summed E-state index contributed by atoms with van der Waals surface area (Å²) in [7, 11) is 3.85. The highest BCUT2D eigenvalue weighted by Crippen LogP contribution is 2.28. The van der Waals surface area contributed by atoms with Crippen LogP contribution >= 0.6 is 0 Å². The number of alkyl halides is 3. The Morgan fingerprint density at radius 3 is 2.47 bits per heavy atom. The highest BCUT2D eigenvalue weighted by molar-refractivity contribution is 5.66. The standard InChI is InChI=1S/C22H23F4N5O/c1-31(2)11-10-27-21-29-19(15-7-5-8-17(12-15)32-22(24,25)26)13-20(30-21)28-14-16-6-3-4-9-18(16)23/h3-9,12-13H,10-11,14H2,1-2H3,(H2,27,28,29,30). The van der Waals surface area contributed by atoms with Crippen LogP contribution in [0, 0.1) is 5.82 Å². The van der Waals surface area contributed by atoms with Crippen molar-refractivity contribution >= 4 is 11.8 Å². The van der Waals surface area contributed by atoms with E-state index in [1.165, 1.54) is 24.3 Å². The fourth-order valence-corrected chi connectivity index (χ4v) is 2.84. The third kappa shape index (κ3) is 7.09. The Morgan fingerprint density at radius 2 is 1.75 bits per heavy atom. The highest BCUT2D eigenvalue weighted by atomic mass is 19.4. The maximum atomic E-state index is 13.9. The van der Waals surface area contributed by atoms with Crippen LogP contribution in [0.1, 0.15) is 5.56 Å². The number of halogens is 4. The van der Waals surface area contributed by atoms with Crippen molar-refractivity contribution in [2.45, 2.75) is 12.9 Å². The number of anilines is 2. The lowest BCUT2D eigenvalue weighted by Gasteiger charge is -2.14. The van der Waals surface area contributed by atoms with E-state index in [4.69, 9.17) is 0 Å². The van der Waals surface area contributed by atoms with Gasteiger partial charge in [0.2, 0.25) is 5.95 Å². The van der Waals surface area contributed by atoms with Gasteiger partial charge in [0, 0.05) is 36.8 Å². The van der Waals surface area contributed by atoms with Gasteiger partial charge in [-0.25, -0.2) is 9.37 Å². The van der Waals surface area contributed by atoms with Gasteiger partial charge in [0.1, 0.15) is 17.4 Å². The number of hydrogen-bond donors (Lipinski definition) is 2. The zero-order valence-corrected chi connectivity index (χ0v) is 17.6. The summed E-state index contributed by atoms with van der Waals surface area (Å²) >= 11 is 0. The molecular weight excluding hydrogens is 426 g/mol. The summed E-state index contributed by atoms with van der Waals surface area (Å²) in [6, 6.07) is 13.5. The molecule has 0 aliphatic heterocycles. The molecule has 0 saturated heterocycles. The van der Waals surface area contributed by atoms with E-state index in [1.807, 2.05) is 19.0 Å². The van der Waals surface area contributed by atoms with Crippen molar-refractivity contribution in [2.75, 3.05) is 37.8 Å². The van der Waals surface area contributed by atoms with E-state index >= 15 is 0 Å². The first-order chi connectivity index (χ1) is 15.2. The molecule has 0 aliphatic carbocycles. The molecule has 0 bridgehead atoms. The molecule has 170 valence electrons. The predicted molar refractivity (Wildman–Crippen MR) is 115 cm³/mol. The third-order valence-electron chi connectivity index (χ3n) is 4.35. The lowest BCUT2D eigenvalue weighted by molar-refractivity contribution is -0.274. The molecule has 0 radical (unpaired) electrons. The maximum Gasteiger partial charge on any atom is 0.573 e. The minimum absolute atomic E-state index is 0.178. The Morgan fingerprint density at radius 1 is 0.969 bits per heavy atom. The summed E-state index contributed by atoms with van der Waals surface area (Å²) in [6.45, 7) is 1.46. The number of hydrogen-bond acceptors (Lipinski definition) is 6. The van der Waals surface area contributed by atoms with Crippen molar-refractivity contribution in [3.8, 4) is 17.0 Å². The summed E-state index contributed by atoms with van der Waals surface area (Å²) in [5.74, 6) is -0.0116. The lowest BCUT2D eigenvalue weighted by atomic mass is 10.1. The lowest BCUT2D eigenvalue weighted by Crippen LogP contribution is -2.21. The van der Waals surface area contributed by atoms with E-state index in [9.17, 15) is 17.6 Å². The van der Waals surface area contributed by atoms with Crippen molar-refractivity contribution in [3.05, 3.63) is 66.0 Å². The third-order valence-corrected chi connectivity index (χ3v) is 4.35. The van der Waals surface area contributed by atoms with Crippen LogP contribution in [-0.4, -0.2) is 48.4 Å². The van der Waals surface area contributed by atoms with Gasteiger partial charge < -0.3 is 20.3 Å². The van der Waals surface area contributed by atoms with Crippen molar-refractivity contribution in [1.29, 1.82) is 0 Å². The summed E-state index contributed by atoms with van der Waals surface area (Å²) in [5.41, 5.74) is 1.25. The fourth-order valence-electron chi connectivity index (χ4n) is 2.84. The van der Waals surface area contributed by atoms with E-state index < -0.39 is 6.36 Å². The van der Waals surface area contributed by atoms with Gasteiger partial charge in [-0.15, -0.1) is 13.2 Å². The van der Waals surface area contributed by atoms with E-state index in [0.29, 0.717) is 35.1 Å². The minimum Gasteiger partial charge on any atom is -0.406 e. The monoisotopic (exact) mass is 449 g/mol. The quantitative estimate of drug-likeness (QED) is 0.459. The second kappa shape index (κ2) is 10.3. The second-order valence-corrected chi connectivity index (χ2v) is 7.21. The summed E-state index contributed by atoms with van der Waals surface area (Å²) in [4.78, 5) is 10.8. The summed E-state index contributed by atoms with van der Waals surface area (Å²) in [6.07, 6.45) is -4.80. The molecule has 2 aromatic carbocycles. The van der Waals surface area contributed by atoms with Crippen LogP contribution in [0.5, 0.6) is 5.75 Å². The SMILES string of the molecule is CN(C)CCNc1nc(NCc2ccccc2F)cc(-c2cccc(OC(F)(F)F)c2)n1. The zero-order chi connectivity index (χ0) is 23.1. The molecule has 2 N–H and O–H groups in total. The number of benzene rings is 2. The van der Waals surface area contributed by atoms with Gasteiger partial charge in [-0.2, -0.15) is 4.98 Å². The van der Waals surface area contributed by atoms with E-state index in [0.717, 1.165) is 6.54 Å². The summed E-state index contributed by atoms with van der Waals surface area (Å²) in [5, 5.41) is 6.15. The molecule has 0 aliphatic rings. The Balaban J connectivity index is 1.88. The minimum atomic E-state index is -4.80. The van der Waals surface area contributed by atoms with Gasteiger partial charge in [-0.05, 0) is 32.3 Å². The van der Waals surface area contributed by atoms with Crippen LogP contribution in [0.25, 0.3) is 11.3 Å². The Hall–Kier alpha value is -3.40. The molecule has 0 atom stereocenters. The Bertz CT molecular complexity index is 1040. The van der Waals surface area contributed by atoms with E-state index in [1.54, 1.807) is 30.3 Å². The molecule has 0 spiro atoms. The van der Waals surface area contributed by atoms with Crippen molar-refractivity contribution in [2.24, 2.45) is 0 Å². The van der Waals surface area contributed by atoms with E-state index in [-0.39, 0.29) is 18.1 Å². The van der Waals surface area contributed by atoms with Gasteiger partial charge in [-0.1, -0.05) is 30.3 Å². The molecule has 0 saturated carbocycles. The fraction of sp³-hybridized carbons (Fsp3) is 0.273.